The van der Waals surface area contributed by atoms with Crippen LogP contribution in [0.15, 0.2) is 6.20 Å². The van der Waals surface area contributed by atoms with Gasteiger partial charge in [0.25, 0.3) is 0 Å². The van der Waals surface area contributed by atoms with Crippen LogP contribution in [0, 0.1) is 11.3 Å². The number of ether oxygens (including phenoxy) is 4. The van der Waals surface area contributed by atoms with Gasteiger partial charge in [-0.1, -0.05) is 39.8 Å². The maximum atomic E-state index is 11.7. The number of Topliss-reactive ketones (excluding diaryl/α,β-unsaturated/α-hetero) is 1. The van der Waals surface area contributed by atoms with E-state index in [1.165, 1.54) is 0 Å². The molecule has 0 amide bonds. The van der Waals surface area contributed by atoms with Crippen molar-refractivity contribution in [2.24, 2.45) is 11.3 Å². The highest BCUT2D eigenvalue weighted by molar-refractivity contribution is 5.84. The van der Waals surface area contributed by atoms with Crippen LogP contribution in [0.1, 0.15) is 46.7 Å². The average molecular weight is 414 g/mol. The molecule has 8 heteroatoms. The molecule has 0 spiro atoms. The van der Waals surface area contributed by atoms with Gasteiger partial charge in [0.15, 0.2) is 5.78 Å². The predicted octanol–water partition coefficient (Wildman–Crippen LogP) is 2.55. The van der Waals surface area contributed by atoms with Crippen LogP contribution in [0.25, 0.3) is 0 Å². The molecule has 0 saturated carbocycles. The third kappa shape index (κ3) is 13.5. The lowest BCUT2D eigenvalue weighted by atomic mass is 9.91. The summed E-state index contributed by atoms with van der Waals surface area (Å²) >= 11 is 0. The van der Waals surface area contributed by atoms with Crippen molar-refractivity contribution in [1.82, 2.24) is 15.0 Å². The Balaban J connectivity index is 1.98. The lowest BCUT2D eigenvalue weighted by molar-refractivity contribution is -0.131. The fourth-order valence-corrected chi connectivity index (χ4v) is 2.14. The van der Waals surface area contributed by atoms with Gasteiger partial charge in [-0.2, -0.15) is 0 Å². The van der Waals surface area contributed by atoms with Gasteiger partial charge in [0.05, 0.1) is 51.9 Å². The second kappa shape index (κ2) is 14.6. The first-order chi connectivity index (χ1) is 13.8. The van der Waals surface area contributed by atoms with E-state index in [0.717, 1.165) is 25.1 Å². The monoisotopic (exact) mass is 413 g/mol. The van der Waals surface area contributed by atoms with Crippen LogP contribution in [0.2, 0.25) is 0 Å². The molecule has 0 fully saturated rings. The third-order valence-corrected chi connectivity index (χ3v) is 4.21. The van der Waals surface area contributed by atoms with Crippen molar-refractivity contribution in [2.75, 3.05) is 52.9 Å². The van der Waals surface area contributed by atoms with Crippen molar-refractivity contribution < 1.29 is 23.7 Å². The molecule has 0 aliphatic carbocycles. The number of hydrogen-bond donors (Lipinski definition) is 0. The highest BCUT2D eigenvalue weighted by atomic mass is 16.5. The maximum Gasteiger partial charge on any atom is 0.163 e. The number of carbonyl (C=O) groups is 1. The molecule has 8 nitrogen and oxygen atoms in total. The molecule has 0 N–H and O–H groups in total. The van der Waals surface area contributed by atoms with E-state index in [-0.39, 0.29) is 17.8 Å². The van der Waals surface area contributed by atoms with E-state index in [0.29, 0.717) is 52.1 Å². The Labute approximate surface area is 175 Å². The summed E-state index contributed by atoms with van der Waals surface area (Å²) in [7, 11) is 0. The topological polar surface area (TPSA) is 84.7 Å². The lowest BCUT2D eigenvalue weighted by Crippen LogP contribution is -2.25. The van der Waals surface area contributed by atoms with Gasteiger partial charge < -0.3 is 18.9 Å². The highest BCUT2D eigenvalue weighted by Gasteiger charge is 2.20. The largest absolute Gasteiger partial charge is 0.379 e. The number of nitrogens with zero attached hydrogens (tertiary/aromatic N) is 3. The molecule has 0 atom stereocenters. The van der Waals surface area contributed by atoms with E-state index in [2.05, 4.69) is 24.2 Å². The molecule has 0 bridgehead atoms. The Hall–Kier alpha value is -1.35. The van der Waals surface area contributed by atoms with Crippen molar-refractivity contribution in [3.63, 3.8) is 0 Å². The number of hydrogen-bond acceptors (Lipinski definition) is 7. The summed E-state index contributed by atoms with van der Waals surface area (Å²) in [5.74, 6) is 0.761. The molecule has 0 aliphatic rings. The molecule has 0 aliphatic heterocycles. The van der Waals surface area contributed by atoms with E-state index >= 15 is 0 Å². The van der Waals surface area contributed by atoms with Crippen LogP contribution in [0.3, 0.4) is 0 Å². The van der Waals surface area contributed by atoms with Gasteiger partial charge in [-0.15, -0.1) is 5.10 Å². The first kappa shape index (κ1) is 25.7. The van der Waals surface area contributed by atoms with Crippen LogP contribution in [-0.4, -0.2) is 73.6 Å². The van der Waals surface area contributed by atoms with E-state index in [4.69, 9.17) is 18.9 Å². The number of rotatable bonds is 17. The minimum Gasteiger partial charge on any atom is -0.379 e. The molecule has 0 unspecified atom stereocenters. The Morgan fingerprint density at radius 3 is 2.24 bits per heavy atom. The lowest BCUT2D eigenvalue weighted by Gasteiger charge is -2.16. The second-order valence-corrected chi connectivity index (χ2v) is 8.47. The van der Waals surface area contributed by atoms with Crippen LogP contribution in [0.5, 0.6) is 0 Å². The molecule has 1 aromatic rings. The van der Waals surface area contributed by atoms with E-state index < -0.39 is 0 Å². The summed E-state index contributed by atoms with van der Waals surface area (Å²) in [6.45, 7) is 14.8. The Morgan fingerprint density at radius 1 is 0.966 bits per heavy atom. The summed E-state index contributed by atoms with van der Waals surface area (Å²) in [6, 6.07) is 0. The van der Waals surface area contributed by atoms with Crippen LogP contribution in [0.4, 0.5) is 0 Å². The molecule has 0 saturated heterocycles. The van der Waals surface area contributed by atoms with Crippen LogP contribution >= 0.6 is 0 Å². The molecule has 1 heterocycles. The maximum absolute atomic E-state index is 11.7. The van der Waals surface area contributed by atoms with Gasteiger partial charge in [0.1, 0.15) is 6.61 Å². The molecular formula is C21H39N3O5. The molecule has 0 aromatic carbocycles. The van der Waals surface area contributed by atoms with Gasteiger partial charge in [-0.05, 0) is 12.3 Å². The van der Waals surface area contributed by atoms with Crippen molar-refractivity contribution in [2.45, 2.75) is 54.0 Å². The standard InChI is InChI=1S/C21H39N3O5/c1-18(2)6-9-26-12-13-27-10-7-19-16-24(23-22-19)8-11-28-14-15-29-17-20(25)21(3,4)5/h16,18H,6-15,17H2,1-5H3. The van der Waals surface area contributed by atoms with Crippen LogP contribution < -0.4 is 0 Å². The first-order valence-electron chi connectivity index (χ1n) is 10.5. The van der Waals surface area contributed by atoms with Crippen molar-refractivity contribution in [1.29, 1.82) is 0 Å². The average Bonchev–Trinajstić information content (AvgIpc) is 3.09. The van der Waals surface area contributed by atoms with Gasteiger partial charge in [0, 0.05) is 24.6 Å². The van der Waals surface area contributed by atoms with Crippen LogP contribution in [-0.2, 0) is 36.7 Å². The van der Waals surface area contributed by atoms with Gasteiger partial charge in [-0.3, -0.25) is 4.79 Å². The summed E-state index contributed by atoms with van der Waals surface area (Å²) in [4.78, 5) is 11.7. The van der Waals surface area contributed by atoms with E-state index in [9.17, 15) is 4.79 Å². The molecule has 1 rings (SSSR count). The quantitative estimate of drug-likeness (QED) is 0.363. The fourth-order valence-electron chi connectivity index (χ4n) is 2.14. The van der Waals surface area contributed by atoms with Crippen molar-refractivity contribution in [3.05, 3.63) is 11.9 Å². The fraction of sp³-hybridized carbons (Fsp3) is 0.857. The zero-order valence-corrected chi connectivity index (χ0v) is 18.8. The van der Waals surface area contributed by atoms with E-state index in [1.54, 1.807) is 4.68 Å². The zero-order valence-electron chi connectivity index (χ0n) is 18.8. The molecule has 0 radical (unpaired) electrons. The SMILES string of the molecule is CC(C)CCOCCOCCc1cn(CCOCCOCC(=O)C(C)(C)C)nn1. The number of ketones is 1. The van der Waals surface area contributed by atoms with Gasteiger partial charge in [-0.25, -0.2) is 4.68 Å². The summed E-state index contributed by atoms with van der Waals surface area (Å²) < 4.78 is 23.7. The highest BCUT2D eigenvalue weighted by Crippen LogP contribution is 2.14. The normalized spacial score (nSPS) is 12.1. The number of carbonyl (C=O) groups excluding carboxylic acids is 1. The molecule has 29 heavy (non-hydrogen) atoms. The Morgan fingerprint density at radius 2 is 1.59 bits per heavy atom. The van der Waals surface area contributed by atoms with Gasteiger partial charge in [0.2, 0.25) is 0 Å². The minimum atomic E-state index is -0.363. The molecule has 1 aromatic heterocycles. The Kier molecular flexibility index (Phi) is 12.9. The third-order valence-electron chi connectivity index (χ3n) is 4.21. The molecule has 168 valence electrons. The summed E-state index contributed by atoms with van der Waals surface area (Å²) in [6.07, 6.45) is 3.71. The summed E-state index contributed by atoms with van der Waals surface area (Å²) in [5.41, 5.74) is 0.535. The first-order valence-corrected chi connectivity index (χ1v) is 10.5. The summed E-state index contributed by atoms with van der Waals surface area (Å²) in [5, 5.41) is 8.22. The van der Waals surface area contributed by atoms with Gasteiger partial charge >= 0.3 is 0 Å². The Bertz CT molecular complexity index is 555. The van der Waals surface area contributed by atoms with Crippen molar-refractivity contribution in [3.8, 4) is 0 Å². The van der Waals surface area contributed by atoms with Crippen molar-refractivity contribution >= 4 is 5.78 Å². The predicted molar refractivity (Wildman–Crippen MR) is 111 cm³/mol. The number of aromatic nitrogens is 3. The smallest absolute Gasteiger partial charge is 0.163 e. The van der Waals surface area contributed by atoms with E-state index in [1.807, 2.05) is 27.0 Å². The molecular weight excluding hydrogens is 374 g/mol. The zero-order chi connectivity index (χ0) is 21.5. The second-order valence-electron chi connectivity index (χ2n) is 8.47. The minimum absolute atomic E-state index is 0.0928.